The van der Waals surface area contributed by atoms with E-state index < -0.39 is 0 Å². The molecule has 0 amide bonds. The lowest BCUT2D eigenvalue weighted by Gasteiger charge is -2.11. The van der Waals surface area contributed by atoms with Crippen molar-refractivity contribution in [2.75, 3.05) is 26.4 Å². The highest BCUT2D eigenvalue weighted by atomic mass is 127. The molecule has 0 unspecified atom stereocenters. The minimum absolute atomic E-state index is 0. The standard InChI is InChI=1S/C19H26N4O2S.HI/c1-3-18-23-15(12-26-18)8-10-22-19(20-4-2)21-9-7-14-5-6-16-17(11-14)25-13-24-16;/h5-6,11-12H,3-4,7-10,13H2,1-2H3,(H2,20,21,22);1H. The molecule has 8 heteroatoms. The maximum absolute atomic E-state index is 5.43. The van der Waals surface area contributed by atoms with Crippen LogP contribution in [-0.4, -0.2) is 37.4 Å². The Morgan fingerprint density at radius 3 is 2.81 bits per heavy atom. The quantitative estimate of drug-likeness (QED) is 0.329. The third-order valence-electron chi connectivity index (χ3n) is 4.03. The van der Waals surface area contributed by atoms with Gasteiger partial charge in [-0.25, -0.2) is 4.98 Å². The summed E-state index contributed by atoms with van der Waals surface area (Å²) in [5.41, 5.74) is 2.35. The third kappa shape index (κ3) is 6.53. The van der Waals surface area contributed by atoms with Gasteiger partial charge in [-0.3, -0.25) is 4.99 Å². The number of nitrogens with zero attached hydrogens (tertiary/aromatic N) is 2. The van der Waals surface area contributed by atoms with Crippen LogP contribution in [0.2, 0.25) is 0 Å². The summed E-state index contributed by atoms with van der Waals surface area (Å²) in [5.74, 6) is 2.50. The van der Waals surface area contributed by atoms with Crippen molar-refractivity contribution < 1.29 is 9.47 Å². The van der Waals surface area contributed by atoms with E-state index in [1.807, 2.05) is 12.1 Å². The molecule has 6 nitrogen and oxygen atoms in total. The van der Waals surface area contributed by atoms with Crippen LogP contribution in [-0.2, 0) is 19.3 Å². The molecule has 27 heavy (non-hydrogen) atoms. The summed E-state index contributed by atoms with van der Waals surface area (Å²) < 4.78 is 10.8. The minimum atomic E-state index is 0. The Hall–Kier alpha value is -1.55. The van der Waals surface area contributed by atoms with Gasteiger partial charge in [-0.2, -0.15) is 0 Å². The Kier molecular flexibility index (Phi) is 9.12. The second kappa shape index (κ2) is 11.3. The van der Waals surface area contributed by atoms with E-state index in [1.54, 1.807) is 11.3 Å². The fourth-order valence-electron chi connectivity index (χ4n) is 2.67. The second-order valence-corrected chi connectivity index (χ2v) is 6.90. The van der Waals surface area contributed by atoms with Crippen molar-refractivity contribution in [1.29, 1.82) is 0 Å². The molecule has 0 radical (unpaired) electrons. The van der Waals surface area contributed by atoms with E-state index in [0.29, 0.717) is 6.79 Å². The predicted molar refractivity (Wildman–Crippen MR) is 121 cm³/mol. The molecule has 1 aromatic carbocycles. The van der Waals surface area contributed by atoms with E-state index in [9.17, 15) is 0 Å². The summed E-state index contributed by atoms with van der Waals surface area (Å²) in [5, 5.41) is 10.0. The summed E-state index contributed by atoms with van der Waals surface area (Å²) >= 11 is 1.73. The predicted octanol–water partition coefficient (Wildman–Crippen LogP) is 3.39. The molecular weight excluding hydrogens is 475 g/mol. The first-order valence-electron chi connectivity index (χ1n) is 9.12. The molecule has 2 aromatic rings. The molecule has 1 aliphatic heterocycles. The zero-order valence-electron chi connectivity index (χ0n) is 15.8. The Morgan fingerprint density at radius 2 is 2.04 bits per heavy atom. The first-order valence-corrected chi connectivity index (χ1v) is 10.0. The van der Waals surface area contributed by atoms with Gasteiger partial charge in [-0.15, -0.1) is 35.3 Å². The van der Waals surface area contributed by atoms with Gasteiger partial charge >= 0.3 is 0 Å². The Balaban J connectivity index is 0.00000261. The van der Waals surface area contributed by atoms with Crippen molar-refractivity contribution >= 4 is 41.3 Å². The van der Waals surface area contributed by atoms with Crippen molar-refractivity contribution in [3.63, 3.8) is 0 Å². The molecule has 0 aliphatic carbocycles. The zero-order valence-corrected chi connectivity index (χ0v) is 18.9. The average Bonchev–Trinajstić information content (AvgIpc) is 3.30. The number of hydrogen-bond acceptors (Lipinski definition) is 5. The van der Waals surface area contributed by atoms with E-state index in [-0.39, 0.29) is 24.0 Å². The van der Waals surface area contributed by atoms with Crippen molar-refractivity contribution in [3.05, 3.63) is 39.8 Å². The van der Waals surface area contributed by atoms with E-state index in [0.717, 1.165) is 62.0 Å². The van der Waals surface area contributed by atoms with E-state index in [2.05, 4.69) is 45.9 Å². The second-order valence-electron chi connectivity index (χ2n) is 5.96. The molecular formula is C19H27IN4O2S. The number of aliphatic imine (C=N–C) groups is 1. The Bertz CT molecular complexity index is 751. The normalized spacial score (nSPS) is 12.6. The monoisotopic (exact) mass is 502 g/mol. The van der Waals surface area contributed by atoms with Gasteiger partial charge in [-0.1, -0.05) is 13.0 Å². The Labute approximate surface area is 181 Å². The number of aryl methyl sites for hydroxylation is 1. The number of thiazole rings is 1. The topological polar surface area (TPSA) is 67.8 Å². The molecule has 1 aromatic heterocycles. The third-order valence-corrected chi connectivity index (χ3v) is 5.07. The molecule has 2 N–H and O–H groups in total. The SMILES string of the molecule is CCNC(=NCCc1csc(CC)n1)NCCc1ccc2c(c1)OCO2.I. The summed E-state index contributed by atoms with van der Waals surface area (Å²) in [6.45, 7) is 6.89. The molecule has 2 heterocycles. The van der Waals surface area contributed by atoms with Gasteiger partial charge in [0.25, 0.3) is 0 Å². The highest BCUT2D eigenvalue weighted by Crippen LogP contribution is 2.32. The van der Waals surface area contributed by atoms with Gasteiger partial charge in [0, 0.05) is 31.4 Å². The van der Waals surface area contributed by atoms with Crippen LogP contribution < -0.4 is 20.1 Å². The molecule has 3 rings (SSSR count). The molecule has 1 aliphatic rings. The lowest BCUT2D eigenvalue weighted by atomic mass is 10.1. The zero-order chi connectivity index (χ0) is 18.2. The molecule has 0 atom stereocenters. The van der Waals surface area contributed by atoms with Gasteiger partial charge in [0.2, 0.25) is 6.79 Å². The van der Waals surface area contributed by atoms with Crippen molar-refractivity contribution in [3.8, 4) is 11.5 Å². The summed E-state index contributed by atoms with van der Waals surface area (Å²) in [6, 6.07) is 6.09. The summed E-state index contributed by atoms with van der Waals surface area (Å²) in [4.78, 5) is 9.24. The van der Waals surface area contributed by atoms with Gasteiger partial charge in [0.1, 0.15) is 0 Å². The largest absolute Gasteiger partial charge is 0.454 e. The highest BCUT2D eigenvalue weighted by Gasteiger charge is 2.12. The number of rotatable bonds is 8. The van der Waals surface area contributed by atoms with Crippen molar-refractivity contribution in [1.82, 2.24) is 15.6 Å². The van der Waals surface area contributed by atoms with Crippen molar-refractivity contribution in [2.24, 2.45) is 4.99 Å². The van der Waals surface area contributed by atoms with Gasteiger partial charge in [0.15, 0.2) is 17.5 Å². The van der Waals surface area contributed by atoms with Crippen LogP contribution in [0.4, 0.5) is 0 Å². The number of ether oxygens (including phenoxy) is 2. The van der Waals surface area contributed by atoms with Gasteiger partial charge in [0.05, 0.1) is 10.7 Å². The number of nitrogens with one attached hydrogen (secondary N) is 2. The number of halogens is 1. The van der Waals surface area contributed by atoms with Crippen LogP contribution in [0, 0.1) is 0 Å². The highest BCUT2D eigenvalue weighted by molar-refractivity contribution is 14.0. The Morgan fingerprint density at radius 1 is 1.19 bits per heavy atom. The smallest absolute Gasteiger partial charge is 0.231 e. The number of guanidine groups is 1. The maximum Gasteiger partial charge on any atom is 0.231 e. The number of benzene rings is 1. The van der Waals surface area contributed by atoms with Crippen LogP contribution >= 0.6 is 35.3 Å². The van der Waals surface area contributed by atoms with E-state index in [4.69, 9.17) is 9.47 Å². The summed E-state index contributed by atoms with van der Waals surface area (Å²) in [7, 11) is 0. The molecule has 0 spiro atoms. The van der Waals surface area contributed by atoms with Gasteiger partial charge in [-0.05, 0) is 37.5 Å². The van der Waals surface area contributed by atoms with Gasteiger partial charge < -0.3 is 20.1 Å². The molecule has 0 fully saturated rings. The van der Waals surface area contributed by atoms with Crippen LogP contribution in [0.1, 0.15) is 30.1 Å². The maximum atomic E-state index is 5.43. The van der Waals surface area contributed by atoms with Crippen LogP contribution in [0.5, 0.6) is 11.5 Å². The first-order chi connectivity index (χ1) is 12.8. The minimum Gasteiger partial charge on any atom is -0.454 e. The molecule has 0 saturated carbocycles. The molecule has 148 valence electrons. The lowest BCUT2D eigenvalue weighted by Crippen LogP contribution is -2.38. The van der Waals surface area contributed by atoms with Crippen LogP contribution in [0.3, 0.4) is 0 Å². The number of aromatic nitrogens is 1. The average molecular weight is 502 g/mol. The molecule has 0 bridgehead atoms. The van der Waals surface area contributed by atoms with E-state index >= 15 is 0 Å². The fourth-order valence-corrected chi connectivity index (χ4v) is 3.45. The van der Waals surface area contributed by atoms with Crippen LogP contribution in [0.15, 0.2) is 28.6 Å². The fraction of sp³-hybridized carbons (Fsp3) is 0.474. The van der Waals surface area contributed by atoms with E-state index in [1.165, 1.54) is 10.6 Å². The number of fused-ring (bicyclic) bond motifs is 1. The van der Waals surface area contributed by atoms with Crippen molar-refractivity contribution in [2.45, 2.75) is 33.1 Å². The summed E-state index contributed by atoms with van der Waals surface area (Å²) in [6.07, 6.45) is 2.76. The first kappa shape index (κ1) is 21.7. The number of hydrogen-bond donors (Lipinski definition) is 2. The van der Waals surface area contributed by atoms with Crippen LogP contribution in [0.25, 0.3) is 0 Å². The molecule has 0 saturated heterocycles. The lowest BCUT2D eigenvalue weighted by molar-refractivity contribution is 0.174.